The third kappa shape index (κ3) is 6.92. The van der Waals surface area contributed by atoms with Crippen LogP contribution in [-0.2, 0) is 19.1 Å². The second-order valence-corrected chi connectivity index (χ2v) is 6.76. The molecule has 0 aliphatic carbocycles. The molecule has 0 saturated carbocycles. The molecule has 0 amide bonds. The van der Waals surface area contributed by atoms with E-state index in [9.17, 15) is 14.4 Å². The first-order valence-corrected chi connectivity index (χ1v) is 9.21. The molecule has 0 aliphatic rings. The highest BCUT2D eigenvalue weighted by molar-refractivity contribution is 5.87. The Morgan fingerprint density at radius 3 is 1.79 bits per heavy atom. The highest BCUT2D eigenvalue weighted by Gasteiger charge is 2.10. The van der Waals surface area contributed by atoms with E-state index < -0.39 is 11.9 Å². The maximum atomic E-state index is 11.8. The quantitative estimate of drug-likeness (QED) is 0.375. The van der Waals surface area contributed by atoms with Crippen molar-refractivity contribution >= 4 is 17.9 Å². The van der Waals surface area contributed by atoms with Crippen LogP contribution in [0.4, 0.5) is 0 Å². The predicted molar refractivity (Wildman–Crippen MR) is 108 cm³/mol. The van der Waals surface area contributed by atoms with Crippen molar-refractivity contribution in [1.29, 1.82) is 0 Å². The molecule has 0 heterocycles. The second-order valence-electron chi connectivity index (χ2n) is 6.76. The van der Waals surface area contributed by atoms with E-state index in [1.165, 1.54) is 6.92 Å². The molecule has 0 atom stereocenters. The molecule has 2 rings (SSSR count). The molecule has 0 fully saturated rings. The van der Waals surface area contributed by atoms with Gasteiger partial charge >= 0.3 is 17.9 Å². The summed E-state index contributed by atoms with van der Waals surface area (Å²) in [6.45, 7) is 8.50. The Hall–Kier alpha value is -3.41. The Kier molecular flexibility index (Phi) is 7.71. The smallest absolute Gasteiger partial charge is 0.333 e. The van der Waals surface area contributed by atoms with Gasteiger partial charge in [-0.25, -0.2) is 4.79 Å². The third-order valence-corrected chi connectivity index (χ3v) is 3.85. The molecule has 2 aromatic carbocycles. The van der Waals surface area contributed by atoms with Crippen molar-refractivity contribution in [2.45, 2.75) is 27.2 Å². The van der Waals surface area contributed by atoms with E-state index in [1.54, 1.807) is 38.1 Å². The Morgan fingerprint density at radius 2 is 1.34 bits per heavy atom. The number of ether oxygens (including phenoxy) is 3. The molecule has 152 valence electrons. The molecule has 0 unspecified atom stereocenters. The number of carbonyl (C=O) groups is 3. The van der Waals surface area contributed by atoms with Crippen molar-refractivity contribution in [3.8, 4) is 22.6 Å². The molecule has 0 saturated heterocycles. The lowest BCUT2D eigenvalue weighted by atomic mass is 10.1. The highest BCUT2D eigenvalue weighted by Crippen LogP contribution is 2.25. The predicted octanol–water partition coefficient (Wildman–Crippen LogP) is 4.33. The maximum absolute atomic E-state index is 11.8. The van der Waals surface area contributed by atoms with Crippen LogP contribution in [0.15, 0.2) is 60.7 Å². The first kappa shape index (κ1) is 21.9. The summed E-state index contributed by atoms with van der Waals surface area (Å²) in [4.78, 5) is 34.7. The van der Waals surface area contributed by atoms with Gasteiger partial charge in [-0.05, 0) is 42.3 Å². The molecular weight excluding hydrogens is 372 g/mol. The standard InChI is InChI=1S/C23H24O6/c1-15(2)22(25)27-14-13-21(24)28-19-9-5-17(6-10-19)18-7-11-20(12-8-18)29-23(26)16(3)4/h5-12,16H,1,13-14H2,2-4H3. The average Bonchev–Trinajstić information content (AvgIpc) is 2.69. The first-order valence-electron chi connectivity index (χ1n) is 9.21. The summed E-state index contributed by atoms with van der Waals surface area (Å²) in [5.74, 6) is -0.616. The van der Waals surface area contributed by atoms with Crippen LogP contribution in [0.25, 0.3) is 11.1 Å². The molecule has 2 aromatic rings. The van der Waals surface area contributed by atoms with E-state index in [1.807, 2.05) is 24.3 Å². The SMILES string of the molecule is C=C(C)C(=O)OCCC(=O)Oc1ccc(-c2ccc(OC(=O)C(C)C)cc2)cc1. The number of carbonyl (C=O) groups excluding carboxylic acids is 3. The van der Waals surface area contributed by atoms with Crippen LogP contribution < -0.4 is 9.47 Å². The van der Waals surface area contributed by atoms with Gasteiger partial charge in [-0.1, -0.05) is 44.7 Å². The van der Waals surface area contributed by atoms with Crippen molar-refractivity contribution in [3.63, 3.8) is 0 Å². The lowest BCUT2D eigenvalue weighted by Crippen LogP contribution is -2.14. The average molecular weight is 396 g/mol. The van der Waals surface area contributed by atoms with Crippen molar-refractivity contribution in [3.05, 3.63) is 60.7 Å². The minimum atomic E-state index is -0.535. The van der Waals surface area contributed by atoms with Crippen LogP contribution in [-0.4, -0.2) is 24.5 Å². The number of rotatable bonds is 8. The minimum absolute atomic E-state index is 0.0443. The Balaban J connectivity index is 1.89. The van der Waals surface area contributed by atoms with Crippen molar-refractivity contribution in [1.82, 2.24) is 0 Å². The number of hydrogen-bond donors (Lipinski definition) is 0. The van der Waals surface area contributed by atoms with Gasteiger partial charge < -0.3 is 14.2 Å². The van der Waals surface area contributed by atoms with Crippen LogP contribution >= 0.6 is 0 Å². The fourth-order valence-electron chi connectivity index (χ4n) is 2.20. The fraction of sp³-hybridized carbons (Fsp3) is 0.261. The Labute approximate surface area is 170 Å². The molecule has 29 heavy (non-hydrogen) atoms. The van der Waals surface area contributed by atoms with Crippen LogP contribution in [0, 0.1) is 5.92 Å². The van der Waals surface area contributed by atoms with E-state index in [2.05, 4.69) is 6.58 Å². The van der Waals surface area contributed by atoms with Gasteiger partial charge in [-0.3, -0.25) is 9.59 Å². The Morgan fingerprint density at radius 1 is 0.862 bits per heavy atom. The van der Waals surface area contributed by atoms with Crippen molar-refractivity contribution in [2.24, 2.45) is 5.92 Å². The molecule has 0 N–H and O–H groups in total. The molecule has 0 spiro atoms. The summed E-state index contributed by atoms with van der Waals surface area (Å²) >= 11 is 0. The third-order valence-electron chi connectivity index (χ3n) is 3.85. The molecule has 6 nitrogen and oxygen atoms in total. The van der Waals surface area contributed by atoms with Gasteiger partial charge in [0.25, 0.3) is 0 Å². The van der Waals surface area contributed by atoms with Crippen LogP contribution in [0.5, 0.6) is 11.5 Å². The van der Waals surface area contributed by atoms with E-state index in [-0.39, 0.29) is 30.5 Å². The molecule has 0 aromatic heterocycles. The van der Waals surface area contributed by atoms with Crippen LogP contribution in [0.1, 0.15) is 27.2 Å². The van der Waals surface area contributed by atoms with Crippen LogP contribution in [0.2, 0.25) is 0 Å². The number of benzene rings is 2. The van der Waals surface area contributed by atoms with Gasteiger partial charge in [0.05, 0.1) is 12.3 Å². The zero-order valence-corrected chi connectivity index (χ0v) is 16.8. The molecule has 0 aliphatic heterocycles. The largest absolute Gasteiger partial charge is 0.462 e. The van der Waals surface area contributed by atoms with Gasteiger partial charge in [0.15, 0.2) is 0 Å². The molecule has 0 bridgehead atoms. The molecule has 0 radical (unpaired) electrons. The zero-order valence-electron chi connectivity index (χ0n) is 16.8. The zero-order chi connectivity index (χ0) is 21.4. The minimum Gasteiger partial charge on any atom is -0.462 e. The van der Waals surface area contributed by atoms with Gasteiger partial charge in [0.2, 0.25) is 0 Å². The summed E-state index contributed by atoms with van der Waals surface area (Å²) in [6.07, 6.45) is -0.0443. The van der Waals surface area contributed by atoms with Gasteiger partial charge in [-0.15, -0.1) is 0 Å². The number of esters is 3. The summed E-state index contributed by atoms with van der Waals surface area (Å²) in [5, 5.41) is 0. The van der Waals surface area contributed by atoms with Crippen LogP contribution in [0.3, 0.4) is 0 Å². The fourth-order valence-corrected chi connectivity index (χ4v) is 2.20. The van der Waals surface area contributed by atoms with Gasteiger partial charge in [-0.2, -0.15) is 0 Å². The lowest BCUT2D eigenvalue weighted by Gasteiger charge is -2.09. The normalized spacial score (nSPS) is 10.3. The van der Waals surface area contributed by atoms with Gasteiger partial charge in [0.1, 0.15) is 18.1 Å². The lowest BCUT2D eigenvalue weighted by molar-refractivity contribution is -0.142. The van der Waals surface area contributed by atoms with E-state index >= 15 is 0 Å². The second kappa shape index (κ2) is 10.2. The summed E-state index contributed by atoms with van der Waals surface area (Å²) in [6, 6.07) is 14.2. The summed E-state index contributed by atoms with van der Waals surface area (Å²) in [5.41, 5.74) is 2.13. The van der Waals surface area contributed by atoms with E-state index in [4.69, 9.17) is 14.2 Å². The Bertz CT molecular complexity index is 879. The molecular formula is C23H24O6. The summed E-state index contributed by atoms with van der Waals surface area (Å²) in [7, 11) is 0. The summed E-state index contributed by atoms with van der Waals surface area (Å²) < 4.78 is 15.3. The topological polar surface area (TPSA) is 78.9 Å². The van der Waals surface area contributed by atoms with Crippen molar-refractivity contribution < 1.29 is 28.6 Å². The van der Waals surface area contributed by atoms with Gasteiger partial charge in [0, 0.05) is 5.57 Å². The number of hydrogen-bond acceptors (Lipinski definition) is 6. The van der Waals surface area contributed by atoms with E-state index in [0.717, 1.165) is 11.1 Å². The first-order chi connectivity index (χ1) is 13.8. The highest BCUT2D eigenvalue weighted by atomic mass is 16.6. The monoisotopic (exact) mass is 396 g/mol. The van der Waals surface area contributed by atoms with E-state index in [0.29, 0.717) is 11.5 Å². The van der Waals surface area contributed by atoms with Crippen molar-refractivity contribution in [2.75, 3.05) is 6.61 Å². The maximum Gasteiger partial charge on any atom is 0.333 e. The molecule has 6 heteroatoms.